The van der Waals surface area contributed by atoms with Crippen molar-refractivity contribution in [3.05, 3.63) is 34.1 Å². The standard InChI is InChI=1S/C13H15BrFNO3/c1-8-13(18,2-3-19-8)7-16-12(17)9-4-10(14)6-11(15)5-9/h4-6,8,18H,2-3,7H2,1H3,(H,16,17). The average Bonchev–Trinajstić information content (AvgIpc) is 2.66. The van der Waals surface area contributed by atoms with E-state index in [1.165, 1.54) is 12.1 Å². The van der Waals surface area contributed by atoms with Gasteiger partial charge in [-0.3, -0.25) is 4.79 Å². The van der Waals surface area contributed by atoms with E-state index in [1.54, 1.807) is 6.92 Å². The number of ether oxygens (including phenoxy) is 1. The molecule has 0 saturated carbocycles. The van der Waals surface area contributed by atoms with Crippen LogP contribution < -0.4 is 5.32 Å². The Morgan fingerprint density at radius 2 is 2.37 bits per heavy atom. The Morgan fingerprint density at radius 1 is 1.63 bits per heavy atom. The lowest BCUT2D eigenvalue weighted by molar-refractivity contribution is -0.0251. The summed E-state index contributed by atoms with van der Waals surface area (Å²) < 4.78 is 19.0. The number of carbonyl (C=O) groups excluding carboxylic acids is 1. The monoisotopic (exact) mass is 331 g/mol. The molecule has 1 heterocycles. The van der Waals surface area contributed by atoms with Crippen LogP contribution in [0.1, 0.15) is 23.7 Å². The highest BCUT2D eigenvalue weighted by atomic mass is 79.9. The third-order valence-electron chi connectivity index (χ3n) is 3.34. The van der Waals surface area contributed by atoms with Gasteiger partial charge in [-0.2, -0.15) is 0 Å². The Balaban J connectivity index is 2.01. The van der Waals surface area contributed by atoms with Gasteiger partial charge in [0.15, 0.2) is 0 Å². The molecule has 1 amide bonds. The van der Waals surface area contributed by atoms with Crippen molar-refractivity contribution in [1.29, 1.82) is 0 Å². The number of aliphatic hydroxyl groups is 1. The second-order valence-corrected chi connectivity index (χ2v) is 5.62. The molecule has 0 aliphatic carbocycles. The highest BCUT2D eigenvalue weighted by Gasteiger charge is 2.39. The molecule has 2 rings (SSSR count). The molecule has 2 unspecified atom stereocenters. The van der Waals surface area contributed by atoms with E-state index in [0.29, 0.717) is 17.5 Å². The molecule has 1 aromatic carbocycles. The van der Waals surface area contributed by atoms with E-state index < -0.39 is 17.3 Å². The van der Waals surface area contributed by atoms with Crippen molar-refractivity contribution in [2.75, 3.05) is 13.2 Å². The molecule has 2 atom stereocenters. The summed E-state index contributed by atoms with van der Waals surface area (Å²) in [6.45, 7) is 2.32. The maximum atomic E-state index is 13.2. The minimum atomic E-state index is -1.06. The molecule has 4 nitrogen and oxygen atoms in total. The van der Waals surface area contributed by atoms with E-state index >= 15 is 0 Å². The predicted molar refractivity (Wildman–Crippen MR) is 71.4 cm³/mol. The van der Waals surface area contributed by atoms with E-state index in [4.69, 9.17) is 4.74 Å². The van der Waals surface area contributed by atoms with Crippen LogP contribution in [-0.4, -0.2) is 35.9 Å². The summed E-state index contributed by atoms with van der Waals surface area (Å²) in [5.74, 6) is -0.913. The van der Waals surface area contributed by atoms with Gasteiger partial charge in [0.2, 0.25) is 0 Å². The zero-order chi connectivity index (χ0) is 14.0. The lowest BCUT2D eigenvalue weighted by Gasteiger charge is -2.26. The van der Waals surface area contributed by atoms with Gasteiger partial charge in [0.05, 0.1) is 6.10 Å². The Morgan fingerprint density at radius 3 is 2.95 bits per heavy atom. The number of hydrogen-bond donors (Lipinski definition) is 2. The second-order valence-electron chi connectivity index (χ2n) is 4.71. The third kappa shape index (κ3) is 3.32. The van der Waals surface area contributed by atoms with Crippen molar-refractivity contribution < 1.29 is 19.0 Å². The molecule has 1 saturated heterocycles. The van der Waals surface area contributed by atoms with E-state index in [9.17, 15) is 14.3 Å². The van der Waals surface area contributed by atoms with E-state index in [-0.39, 0.29) is 18.2 Å². The average molecular weight is 332 g/mol. The Kier molecular flexibility index (Phi) is 4.23. The van der Waals surface area contributed by atoms with Gasteiger partial charge in [0.1, 0.15) is 11.4 Å². The molecule has 1 aliphatic heterocycles. The highest BCUT2D eigenvalue weighted by molar-refractivity contribution is 9.10. The first kappa shape index (κ1) is 14.4. The fourth-order valence-electron chi connectivity index (χ4n) is 2.02. The molecule has 0 radical (unpaired) electrons. The maximum Gasteiger partial charge on any atom is 0.251 e. The Labute approximate surface area is 119 Å². The number of nitrogens with one attached hydrogen (secondary N) is 1. The van der Waals surface area contributed by atoms with Crippen LogP contribution in [0.4, 0.5) is 4.39 Å². The largest absolute Gasteiger partial charge is 0.385 e. The number of carbonyl (C=O) groups is 1. The number of hydrogen-bond acceptors (Lipinski definition) is 3. The van der Waals surface area contributed by atoms with Crippen LogP contribution in [0.3, 0.4) is 0 Å². The van der Waals surface area contributed by atoms with Gasteiger partial charge in [0.25, 0.3) is 5.91 Å². The number of amides is 1. The summed E-state index contributed by atoms with van der Waals surface area (Å²) in [7, 11) is 0. The lowest BCUT2D eigenvalue weighted by Crippen LogP contribution is -2.47. The minimum absolute atomic E-state index is 0.0845. The summed E-state index contributed by atoms with van der Waals surface area (Å²) in [6.07, 6.45) is 0.147. The van der Waals surface area contributed by atoms with Gasteiger partial charge < -0.3 is 15.2 Å². The fourth-order valence-corrected chi connectivity index (χ4v) is 2.49. The molecule has 1 aromatic rings. The second kappa shape index (κ2) is 5.56. The van der Waals surface area contributed by atoms with Gasteiger partial charge in [-0.15, -0.1) is 0 Å². The zero-order valence-corrected chi connectivity index (χ0v) is 12.0. The first-order valence-corrected chi connectivity index (χ1v) is 6.78. The summed E-state index contributed by atoms with van der Waals surface area (Å²) >= 11 is 3.13. The van der Waals surface area contributed by atoms with Crippen LogP contribution in [0.15, 0.2) is 22.7 Å². The van der Waals surface area contributed by atoms with Crippen molar-refractivity contribution in [2.24, 2.45) is 0 Å². The van der Waals surface area contributed by atoms with Gasteiger partial charge in [-0.1, -0.05) is 15.9 Å². The van der Waals surface area contributed by atoms with Crippen LogP contribution >= 0.6 is 15.9 Å². The van der Waals surface area contributed by atoms with Gasteiger partial charge in [0, 0.05) is 29.6 Å². The number of halogens is 2. The summed E-state index contributed by atoms with van der Waals surface area (Å²) in [4.78, 5) is 11.9. The van der Waals surface area contributed by atoms with Gasteiger partial charge in [-0.25, -0.2) is 4.39 Å². The highest BCUT2D eigenvalue weighted by Crippen LogP contribution is 2.25. The molecule has 6 heteroatoms. The van der Waals surface area contributed by atoms with Gasteiger partial charge >= 0.3 is 0 Å². The van der Waals surface area contributed by atoms with Crippen molar-refractivity contribution in [3.63, 3.8) is 0 Å². The summed E-state index contributed by atoms with van der Waals surface area (Å²) in [6, 6.07) is 3.95. The Hall–Kier alpha value is -0.980. The summed E-state index contributed by atoms with van der Waals surface area (Å²) in [5.41, 5.74) is -0.845. The first-order chi connectivity index (χ1) is 8.90. The van der Waals surface area contributed by atoms with Crippen LogP contribution in [-0.2, 0) is 4.74 Å². The molecule has 0 aromatic heterocycles. The van der Waals surface area contributed by atoms with Crippen molar-refractivity contribution >= 4 is 21.8 Å². The minimum Gasteiger partial charge on any atom is -0.385 e. The topological polar surface area (TPSA) is 58.6 Å². The molecule has 0 spiro atoms. The van der Waals surface area contributed by atoms with E-state index in [0.717, 1.165) is 6.07 Å². The molecular formula is C13H15BrFNO3. The smallest absolute Gasteiger partial charge is 0.251 e. The molecule has 19 heavy (non-hydrogen) atoms. The van der Waals surface area contributed by atoms with E-state index in [2.05, 4.69) is 21.2 Å². The SMILES string of the molecule is CC1OCCC1(O)CNC(=O)c1cc(F)cc(Br)c1. The normalized spacial score (nSPS) is 26.4. The first-order valence-electron chi connectivity index (χ1n) is 5.99. The molecule has 1 fully saturated rings. The van der Waals surface area contributed by atoms with Crippen molar-refractivity contribution in [3.8, 4) is 0 Å². The van der Waals surface area contributed by atoms with Crippen molar-refractivity contribution in [1.82, 2.24) is 5.32 Å². The van der Waals surface area contributed by atoms with Crippen molar-refractivity contribution in [2.45, 2.75) is 25.0 Å². The number of rotatable bonds is 3. The van der Waals surface area contributed by atoms with E-state index in [1.807, 2.05) is 0 Å². The molecule has 0 bridgehead atoms. The number of benzene rings is 1. The summed E-state index contributed by atoms with van der Waals surface area (Å²) in [5, 5.41) is 12.9. The molecule has 1 aliphatic rings. The molecule has 2 N–H and O–H groups in total. The Bertz CT molecular complexity index is 477. The van der Waals surface area contributed by atoms with Crippen LogP contribution in [0.2, 0.25) is 0 Å². The fraction of sp³-hybridized carbons (Fsp3) is 0.462. The zero-order valence-electron chi connectivity index (χ0n) is 10.5. The molecule has 104 valence electrons. The lowest BCUT2D eigenvalue weighted by atomic mass is 9.96. The maximum absolute atomic E-state index is 13.2. The predicted octanol–water partition coefficient (Wildman–Crippen LogP) is 1.86. The van der Waals surface area contributed by atoms with Crippen LogP contribution in [0.25, 0.3) is 0 Å². The quantitative estimate of drug-likeness (QED) is 0.888. The van der Waals surface area contributed by atoms with Crippen LogP contribution in [0, 0.1) is 5.82 Å². The molecular weight excluding hydrogens is 317 g/mol. The van der Waals surface area contributed by atoms with Gasteiger partial charge in [-0.05, 0) is 25.1 Å². The van der Waals surface area contributed by atoms with Crippen LogP contribution in [0.5, 0.6) is 0 Å². The third-order valence-corrected chi connectivity index (χ3v) is 3.80.